The molecular weight excluding hydrogens is 184 g/mol. The van der Waals surface area contributed by atoms with Crippen LogP contribution in [0, 0.1) is 6.42 Å². The Balaban J connectivity index is 2.04. The van der Waals surface area contributed by atoms with Crippen LogP contribution in [0.15, 0.2) is 48.5 Å². The van der Waals surface area contributed by atoms with Gasteiger partial charge in [0.2, 0.25) is 0 Å². The normalized spacial score (nSPS) is 12.0. The summed E-state index contributed by atoms with van der Waals surface area (Å²) in [5.41, 5.74) is 3.54. The summed E-state index contributed by atoms with van der Waals surface area (Å²) < 4.78 is 0. The minimum atomic E-state index is 0.0810. The third-order valence-corrected chi connectivity index (χ3v) is 2.54. The highest BCUT2D eigenvalue weighted by atomic mass is 16.1. The number of carbonyl (C=O) groups excluding carboxylic acids is 1. The molecule has 3 rings (SSSR count). The number of rotatable bonds is 2. The van der Waals surface area contributed by atoms with Crippen molar-refractivity contribution in [2.24, 2.45) is 0 Å². The third-order valence-electron chi connectivity index (χ3n) is 2.54. The lowest BCUT2D eigenvalue weighted by Crippen LogP contribution is -2.00. The van der Waals surface area contributed by atoms with Gasteiger partial charge in [0.05, 0.1) is 6.42 Å². The van der Waals surface area contributed by atoms with Crippen LogP contribution in [0.5, 0.6) is 0 Å². The first-order chi connectivity index (χ1) is 7.36. The quantitative estimate of drug-likeness (QED) is 0.570. The maximum atomic E-state index is 12.1. The summed E-state index contributed by atoms with van der Waals surface area (Å²) in [6.45, 7) is 0. The molecule has 0 aliphatic heterocycles. The van der Waals surface area contributed by atoms with E-state index in [4.69, 9.17) is 0 Å². The van der Waals surface area contributed by atoms with Gasteiger partial charge in [0.1, 0.15) is 0 Å². The van der Waals surface area contributed by atoms with E-state index in [-0.39, 0.29) is 5.78 Å². The molecule has 1 aliphatic carbocycles. The zero-order valence-electron chi connectivity index (χ0n) is 8.03. The van der Waals surface area contributed by atoms with Crippen molar-refractivity contribution in [3.63, 3.8) is 0 Å². The molecule has 0 heterocycles. The molecule has 0 aromatic heterocycles. The van der Waals surface area contributed by atoms with Crippen LogP contribution in [-0.4, -0.2) is 5.78 Å². The van der Waals surface area contributed by atoms with E-state index in [9.17, 15) is 4.79 Å². The molecule has 70 valence electrons. The number of hydrogen-bond acceptors (Lipinski definition) is 1. The summed E-state index contributed by atoms with van der Waals surface area (Å²) in [7, 11) is 0. The predicted molar refractivity (Wildman–Crippen MR) is 57.8 cm³/mol. The van der Waals surface area contributed by atoms with E-state index in [1.165, 1.54) is 0 Å². The van der Waals surface area contributed by atoms with Gasteiger partial charge in [0.15, 0.2) is 5.78 Å². The molecule has 2 aromatic rings. The molecule has 0 fully saturated rings. The highest BCUT2D eigenvalue weighted by Crippen LogP contribution is 2.34. The van der Waals surface area contributed by atoms with Crippen LogP contribution in [0.2, 0.25) is 0 Å². The first kappa shape index (κ1) is 8.42. The Bertz CT molecular complexity index is 526. The average molecular weight is 192 g/mol. The van der Waals surface area contributed by atoms with Crippen LogP contribution in [-0.2, 0) is 0 Å². The SMILES string of the molecule is O=C(c1ccccc1)c1cccc2c1[C]2. The smallest absolute Gasteiger partial charge is 0.193 e. The van der Waals surface area contributed by atoms with E-state index in [1.54, 1.807) is 0 Å². The molecular formula is C14H8O. The van der Waals surface area contributed by atoms with Crippen molar-refractivity contribution in [1.82, 2.24) is 0 Å². The molecule has 0 saturated carbocycles. The molecule has 2 radical (unpaired) electrons. The van der Waals surface area contributed by atoms with Gasteiger partial charge in [-0.2, -0.15) is 0 Å². The standard InChI is InChI=1S/C14H8O/c15-14(10-5-2-1-3-6-10)12-8-4-7-11-9-13(11)12/h1-8H. The molecule has 0 amide bonds. The maximum absolute atomic E-state index is 12.1. The van der Waals surface area contributed by atoms with E-state index in [0.717, 1.165) is 22.3 Å². The highest BCUT2D eigenvalue weighted by Gasteiger charge is 2.25. The van der Waals surface area contributed by atoms with Crippen LogP contribution < -0.4 is 0 Å². The summed E-state index contributed by atoms with van der Waals surface area (Å²) in [5.74, 6) is 0.0810. The molecule has 1 nitrogen and oxygen atoms in total. The first-order valence-electron chi connectivity index (χ1n) is 4.86. The van der Waals surface area contributed by atoms with Crippen molar-refractivity contribution in [3.05, 3.63) is 77.2 Å². The van der Waals surface area contributed by atoms with E-state index in [1.807, 2.05) is 48.5 Å². The number of hydrogen-bond donors (Lipinski definition) is 0. The number of benzene rings is 2. The fraction of sp³-hybridized carbons (Fsp3) is 0. The monoisotopic (exact) mass is 192 g/mol. The van der Waals surface area contributed by atoms with Gasteiger partial charge in [-0.3, -0.25) is 4.79 Å². The van der Waals surface area contributed by atoms with Crippen molar-refractivity contribution >= 4 is 5.78 Å². The zero-order valence-corrected chi connectivity index (χ0v) is 8.03. The molecule has 0 spiro atoms. The number of fused-ring (bicyclic) bond motifs is 1. The predicted octanol–water partition coefficient (Wildman–Crippen LogP) is 2.71. The average Bonchev–Trinajstić information content (AvgIpc) is 3.08. The Hall–Kier alpha value is -1.89. The van der Waals surface area contributed by atoms with Crippen molar-refractivity contribution in [1.29, 1.82) is 0 Å². The van der Waals surface area contributed by atoms with Gasteiger partial charge >= 0.3 is 0 Å². The Morgan fingerprint density at radius 3 is 2.53 bits per heavy atom. The Labute approximate surface area is 88.4 Å². The summed E-state index contributed by atoms with van der Waals surface area (Å²) in [5, 5.41) is 0. The highest BCUT2D eigenvalue weighted by molar-refractivity contribution is 6.11. The fourth-order valence-corrected chi connectivity index (χ4v) is 1.70. The Morgan fingerprint density at radius 1 is 0.933 bits per heavy atom. The minimum absolute atomic E-state index is 0.0810. The molecule has 2 aromatic carbocycles. The number of carbonyl (C=O) groups is 1. The molecule has 0 unspecified atom stereocenters. The molecule has 0 bridgehead atoms. The largest absolute Gasteiger partial charge is 0.289 e. The number of ketones is 1. The lowest BCUT2D eigenvalue weighted by atomic mass is 10.0. The molecule has 0 N–H and O–H groups in total. The van der Waals surface area contributed by atoms with Crippen molar-refractivity contribution < 1.29 is 4.79 Å². The molecule has 1 heteroatoms. The van der Waals surface area contributed by atoms with Gasteiger partial charge in [0, 0.05) is 11.1 Å². The van der Waals surface area contributed by atoms with Crippen LogP contribution in [0.3, 0.4) is 0 Å². The zero-order chi connectivity index (χ0) is 10.3. The van der Waals surface area contributed by atoms with E-state index < -0.39 is 0 Å². The lowest BCUT2D eigenvalue weighted by Gasteiger charge is -1.99. The van der Waals surface area contributed by atoms with Crippen molar-refractivity contribution in [2.75, 3.05) is 0 Å². The maximum Gasteiger partial charge on any atom is 0.193 e. The van der Waals surface area contributed by atoms with Crippen molar-refractivity contribution in [2.45, 2.75) is 0 Å². The fourth-order valence-electron chi connectivity index (χ4n) is 1.70. The molecule has 1 aliphatic rings. The van der Waals surface area contributed by atoms with Crippen molar-refractivity contribution in [3.8, 4) is 0 Å². The molecule has 0 atom stereocenters. The molecule has 0 saturated heterocycles. The van der Waals surface area contributed by atoms with Crippen LogP contribution in [0.1, 0.15) is 27.0 Å². The van der Waals surface area contributed by atoms with E-state index in [0.29, 0.717) is 0 Å². The topological polar surface area (TPSA) is 17.1 Å². The summed E-state index contributed by atoms with van der Waals surface area (Å²) in [4.78, 5) is 12.1. The lowest BCUT2D eigenvalue weighted by molar-refractivity contribution is 0.103. The second-order valence-corrected chi connectivity index (χ2v) is 3.55. The second-order valence-electron chi connectivity index (χ2n) is 3.55. The van der Waals surface area contributed by atoms with E-state index in [2.05, 4.69) is 6.42 Å². The van der Waals surface area contributed by atoms with Crippen LogP contribution in [0.4, 0.5) is 0 Å². The van der Waals surface area contributed by atoms with Gasteiger partial charge in [-0.15, -0.1) is 0 Å². The van der Waals surface area contributed by atoms with Gasteiger partial charge in [-0.25, -0.2) is 0 Å². The summed E-state index contributed by atoms with van der Waals surface area (Å²) in [6.07, 6.45) is 3.09. The van der Waals surface area contributed by atoms with Crippen LogP contribution in [0.25, 0.3) is 0 Å². The summed E-state index contributed by atoms with van der Waals surface area (Å²) in [6, 6.07) is 15.1. The van der Waals surface area contributed by atoms with Gasteiger partial charge < -0.3 is 0 Å². The third kappa shape index (κ3) is 1.37. The Kier molecular flexibility index (Phi) is 1.72. The second kappa shape index (κ2) is 3.06. The summed E-state index contributed by atoms with van der Waals surface area (Å²) >= 11 is 0. The van der Waals surface area contributed by atoms with Gasteiger partial charge in [-0.1, -0.05) is 48.5 Å². The van der Waals surface area contributed by atoms with Gasteiger partial charge in [-0.05, 0) is 11.1 Å². The van der Waals surface area contributed by atoms with Gasteiger partial charge in [0.25, 0.3) is 0 Å². The van der Waals surface area contributed by atoms with Crippen LogP contribution >= 0.6 is 0 Å². The minimum Gasteiger partial charge on any atom is -0.289 e. The van der Waals surface area contributed by atoms with E-state index >= 15 is 0 Å². The first-order valence-corrected chi connectivity index (χ1v) is 4.86. The molecule has 15 heavy (non-hydrogen) atoms. The Morgan fingerprint density at radius 2 is 1.73 bits per heavy atom.